The van der Waals surface area contributed by atoms with Crippen molar-refractivity contribution in [2.45, 2.75) is 45.6 Å². The van der Waals surface area contributed by atoms with Crippen molar-refractivity contribution >= 4 is 23.2 Å². The van der Waals surface area contributed by atoms with Crippen LogP contribution in [-0.4, -0.2) is 29.6 Å². The SMILES string of the molecule is CC(C)[C@@H](O)C(=O)N1CCCc2cc([C@H](C)C(=O)Nc3ccc(F)cc3)ccc21. The zero-order chi connectivity index (χ0) is 21.1. The predicted molar refractivity (Wildman–Crippen MR) is 111 cm³/mol. The number of anilines is 2. The summed E-state index contributed by atoms with van der Waals surface area (Å²) in [6.45, 7) is 6.03. The number of rotatable bonds is 5. The van der Waals surface area contributed by atoms with E-state index in [2.05, 4.69) is 5.32 Å². The van der Waals surface area contributed by atoms with E-state index in [0.717, 1.165) is 29.7 Å². The first kappa shape index (κ1) is 21.0. The first-order valence-electron chi connectivity index (χ1n) is 9.96. The lowest BCUT2D eigenvalue weighted by atomic mass is 9.92. The Labute approximate surface area is 170 Å². The number of aliphatic hydroxyl groups is 1. The Morgan fingerprint density at radius 3 is 2.45 bits per heavy atom. The summed E-state index contributed by atoms with van der Waals surface area (Å²) in [7, 11) is 0. The van der Waals surface area contributed by atoms with Gasteiger partial charge in [0.05, 0.1) is 5.92 Å². The number of hydrogen-bond acceptors (Lipinski definition) is 3. The van der Waals surface area contributed by atoms with E-state index >= 15 is 0 Å². The lowest BCUT2D eigenvalue weighted by Crippen LogP contribution is -2.44. The fourth-order valence-electron chi connectivity index (χ4n) is 3.50. The van der Waals surface area contributed by atoms with Crippen molar-refractivity contribution in [3.8, 4) is 0 Å². The van der Waals surface area contributed by atoms with Crippen molar-refractivity contribution < 1.29 is 19.1 Å². The molecule has 2 amide bonds. The highest BCUT2D eigenvalue weighted by Gasteiger charge is 2.29. The Bertz CT molecular complexity index is 895. The van der Waals surface area contributed by atoms with Crippen LogP contribution in [0.1, 0.15) is 44.2 Å². The molecular weight excluding hydrogens is 371 g/mol. The van der Waals surface area contributed by atoms with E-state index in [1.165, 1.54) is 24.3 Å². The van der Waals surface area contributed by atoms with Gasteiger partial charge in [-0.3, -0.25) is 9.59 Å². The second kappa shape index (κ2) is 8.74. The van der Waals surface area contributed by atoms with Crippen LogP contribution in [0.2, 0.25) is 0 Å². The lowest BCUT2D eigenvalue weighted by Gasteiger charge is -2.32. The highest BCUT2D eigenvalue weighted by atomic mass is 19.1. The summed E-state index contributed by atoms with van der Waals surface area (Å²) in [5.41, 5.74) is 3.19. The molecule has 0 fully saturated rings. The number of halogens is 1. The summed E-state index contributed by atoms with van der Waals surface area (Å²) in [5.74, 6) is -1.38. The smallest absolute Gasteiger partial charge is 0.256 e. The van der Waals surface area contributed by atoms with Gasteiger partial charge in [-0.2, -0.15) is 0 Å². The molecule has 0 aliphatic carbocycles. The quantitative estimate of drug-likeness (QED) is 0.803. The predicted octanol–water partition coefficient (Wildman–Crippen LogP) is 3.86. The number of aliphatic hydroxyl groups excluding tert-OH is 1. The standard InChI is InChI=1S/C23H27FN2O3/c1-14(2)21(27)23(29)26-12-4-5-17-13-16(6-11-20(17)26)15(3)22(28)25-19-9-7-18(24)8-10-19/h6-11,13-15,21,27H,4-5,12H2,1-3H3,(H,25,28)/t15-,21+/m0/s1. The normalized spacial score (nSPS) is 15.6. The summed E-state index contributed by atoms with van der Waals surface area (Å²) in [6, 6.07) is 11.3. The van der Waals surface area contributed by atoms with Crippen LogP contribution in [0.4, 0.5) is 15.8 Å². The molecule has 154 valence electrons. The van der Waals surface area contributed by atoms with Crippen molar-refractivity contribution in [1.82, 2.24) is 0 Å². The van der Waals surface area contributed by atoms with Crippen LogP contribution < -0.4 is 10.2 Å². The molecule has 6 heteroatoms. The Hall–Kier alpha value is -2.73. The number of fused-ring (bicyclic) bond motifs is 1. The highest BCUT2D eigenvalue weighted by molar-refractivity contribution is 5.98. The van der Waals surface area contributed by atoms with E-state index < -0.39 is 12.0 Å². The number of aryl methyl sites for hydroxylation is 1. The first-order valence-corrected chi connectivity index (χ1v) is 9.96. The van der Waals surface area contributed by atoms with Gasteiger partial charge in [0.15, 0.2) is 0 Å². The van der Waals surface area contributed by atoms with Gasteiger partial charge in [0.2, 0.25) is 5.91 Å². The molecule has 0 aromatic heterocycles. The Kier molecular flexibility index (Phi) is 6.33. The van der Waals surface area contributed by atoms with Gasteiger partial charge < -0.3 is 15.3 Å². The average molecular weight is 398 g/mol. The van der Waals surface area contributed by atoms with Crippen molar-refractivity contribution in [2.24, 2.45) is 5.92 Å². The zero-order valence-corrected chi connectivity index (χ0v) is 17.0. The number of benzene rings is 2. The summed E-state index contributed by atoms with van der Waals surface area (Å²) in [5, 5.41) is 13.0. The van der Waals surface area contributed by atoms with Crippen molar-refractivity contribution in [2.75, 3.05) is 16.8 Å². The van der Waals surface area contributed by atoms with Gasteiger partial charge in [-0.1, -0.05) is 26.0 Å². The number of amides is 2. The van der Waals surface area contributed by atoms with Crippen LogP contribution in [0.3, 0.4) is 0 Å². The minimum absolute atomic E-state index is 0.151. The first-order chi connectivity index (χ1) is 13.8. The number of hydrogen-bond donors (Lipinski definition) is 2. The second-order valence-electron chi connectivity index (χ2n) is 7.89. The van der Waals surface area contributed by atoms with Gasteiger partial charge in [-0.15, -0.1) is 0 Å². The molecule has 0 bridgehead atoms. The Morgan fingerprint density at radius 1 is 1.10 bits per heavy atom. The van der Waals surface area contributed by atoms with Gasteiger partial charge >= 0.3 is 0 Å². The summed E-state index contributed by atoms with van der Waals surface area (Å²) in [4.78, 5) is 26.9. The molecule has 0 saturated heterocycles. The van der Waals surface area contributed by atoms with Crippen LogP contribution in [0, 0.1) is 11.7 Å². The zero-order valence-electron chi connectivity index (χ0n) is 17.0. The van der Waals surface area contributed by atoms with Gasteiger partial charge in [0.1, 0.15) is 11.9 Å². The molecule has 0 spiro atoms. The minimum atomic E-state index is -1.03. The topological polar surface area (TPSA) is 69.6 Å². The molecule has 1 aliphatic heterocycles. The van der Waals surface area contributed by atoms with E-state index in [-0.39, 0.29) is 23.5 Å². The Morgan fingerprint density at radius 2 is 1.79 bits per heavy atom. The molecule has 2 aromatic carbocycles. The molecule has 3 rings (SSSR count). The molecule has 2 N–H and O–H groups in total. The number of carbonyl (C=O) groups is 2. The number of carbonyl (C=O) groups excluding carboxylic acids is 2. The maximum absolute atomic E-state index is 13.0. The maximum atomic E-state index is 13.0. The van der Waals surface area contributed by atoms with Gasteiger partial charge in [-0.05, 0) is 67.1 Å². The van der Waals surface area contributed by atoms with E-state index in [1.807, 2.05) is 39.0 Å². The molecule has 29 heavy (non-hydrogen) atoms. The van der Waals surface area contributed by atoms with E-state index in [4.69, 9.17) is 0 Å². The highest BCUT2D eigenvalue weighted by Crippen LogP contribution is 2.31. The van der Waals surface area contributed by atoms with Crippen LogP contribution >= 0.6 is 0 Å². The third-order valence-corrected chi connectivity index (χ3v) is 5.38. The summed E-state index contributed by atoms with van der Waals surface area (Å²) >= 11 is 0. The average Bonchev–Trinajstić information content (AvgIpc) is 2.72. The molecule has 5 nitrogen and oxygen atoms in total. The maximum Gasteiger partial charge on any atom is 0.256 e. The number of nitrogens with one attached hydrogen (secondary N) is 1. The van der Waals surface area contributed by atoms with E-state index in [1.54, 1.807) is 4.90 Å². The van der Waals surface area contributed by atoms with Crippen molar-refractivity contribution in [3.63, 3.8) is 0 Å². The third kappa shape index (κ3) is 4.65. The molecule has 2 atom stereocenters. The fraction of sp³-hybridized carbons (Fsp3) is 0.391. The minimum Gasteiger partial charge on any atom is -0.383 e. The van der Waals surface area contributed by atoms with Crippen molar-refractivity contribution in [3.05, 3.63) is 59.4 Å². The summed E-state index contributed by atoms with van der Waals surface area (Å²) in [6.07, 6.45) is 0.598. The van der Waals surface area contributed by atoms with Crippen LogP contribution in [0.5, 0.6) is 0 Å². The van der Waals surface area contributed by atoms with E-state index in [0.29, 0.717) is 12.2 Å². The third-order valence-electron chi connectivity index (χ3n) is 5.38. The number of nitrogens with zero attached hydrogens (tertiary/aromatic N) is 1. The van der Waals surface area contributed by atoms with Crippen LogP contribution in [-0.2, 0) is 16.0 Å². The largest absolute Gasteiger partial charge is 0.383 e. The molecule has 1 aliphatic rings. The van der Waals surface area contributed by atoms with Crippen LogP contribution in [0.15, 0.2) is 42.5 Å². The summed E-state index contributed by atoms with van der Waals surface area (Å²) < 4.78 is 13.0. The molecular formula is C23H27FN2O3. The fourth-order valence-corrected chi connectivity index (χ4v) is 3.50. The monoisotopic (exact) mass is 398 g/mol. The Balaban J connectivity index is 1.77. The van der Waals surface area contributed by atoms with Gasteiger partial charge in [-0.25, -0.2) is 4.39 Å². The van der Waals surface area contributed by atoms with Crippen molar-refractivity contribution in [1.29, 1.82) is 0 Å². The lowest BCUT2D eigenvalue weighted by molar-refractivity contribution is -0.128. The van der Waals surface area contributed by atoms with E-state index in [9.17, 15) is 19.1 Å². The molecule has 0 saturated carbocycles. The van der Waals surface area contributed by atoms with Crippen LogP contribution in [0.25, 0.3) is 0 Å². The second-order valence-corrected chi connectivity index (χ2v) is 7.89. The molecule has 0 unspecified atom stereocenters. The molecule has 0 radical (unpaired) electrons. The molecule has 2 aromatic rings. The molecule has 1 heterocycles. The van der Waals surface area contributed by atoms with Gasteiger partial charge in [0.25, 0.3) is 5.91 Å². The van der Waals surface area contributed by atoms with Gasteiger partial charge in [0, 0.05) is 17.9 Å².